The number of nitrogens with one attached hydrogen (secondary N) is 1. The molecule has 0 aliphatic rings. The minimum Gasteiger partial charge on any atom is -0.366 e. The fourth-order valence-corrected chi connectivity index (χ4v) is 4.13. The molecule has 0 radical (unpaired) electrons. The van der Waals surface area contributed by atoms with E-state index in [-0.39, 0.29) is 4.90 Å². The normalized spacial score (nSPS) is 11.2. The Balaban J connectivity index is 1.76. The average molecular weight is 382 g/mol. The largest absolute Gasteiger partial charge is 0.366 e. The van der Waals surface area contributed by atoms with Gasteiger partial charge in [0.15, 0.2) is 0 Å². The molecule has 140 valence electrons. The smallest absolute Gasteiger partial charge is 0.263 e. The van der Waals surface area contributed by atoms with Crippen LogP contribution in [-0.2, 0) is 16.6 Å². The van der Waals surface area contributed by atoms with Gasteiger partial charge in [-0.25, -0.2) is 13.4 Å². The molecule has 1 N–H and O–H groups in total. The zero-order valence-electron chi connectivity index (χ0n) is 15.5. The number of hydrogen-bond acceptors (Lipinski definition) is 4. The Bertz CT molecular complexity index is 987. The summed E-state index contributed by atoms with van der Waals surface area (Å²) in [5.41, 5.74) is 2.85. The third-order valence-corrected chi connectivity index (χ3v) is 5.85. The fourth-order valence-electron chi connectivity index (χ4n) is 2.87. The number of rotatable bonds is 7. The summed E-state index contributed by atoms with van der Waals surface area (Å²) in [6.07, 6.45) is 1.70. The number of nitrogens with zero attached hydrogens (tertiary/aromatic N) is 2. The van der Waals surface area contributed by atoms with Crippen LogP contribution in [0, 0.1) is 6.92 Å². The summed E-state index contributed by atoms with van der Waals surface area (Å²) >= 11 is 0. The maximum atomic E-state index is 12.6. The second kappa shape index (κ2) is 8.22. The molecule has 0 saturated carbocycles. The Hall–Kier alpha value is -2.86. The molecule has 0 unspecified atom stereocenters. The van der Waals surface area contributed by atoms with E-state index in [1.165, 1.54) is 5.56 Å². The highest BCUT2D eigenvalue weighted by Gasteiger charge is 2.17. The number of benzene rings is 2. The predicted molar refractivity (Wildman–Crippen MR) is 109 cm³/mol. The van der Waals surface area contributed by atoms with E-state index >= 15 is 0 Å². The van der Waals surface area contributed by atoms with Crippen molar-refractivity contribution >= 4 is 21.5 Å². The van der Waals surface area contributed by atoms with Crippen LogP contribution in [0.1, 0.15) is 18.1 Å². The van der Waals surface area contributed by atoms with Gasteiger partial charge in [-0.05, 0) is 43.2 Å². The van der Waals surface area contributed by atoms with Crippen molar-refractivity contribution in [2.75, 3.05) is 16.2 Å². The molecular weight excluding hydrogens is 358 g/mol. The van der Waals surface area contributed by atoms with Gasteiger partial charge in [0.1, 0.15) is 5.82 Å². The zero-order chi connectivity index (χ0) is 19.3. The van der Waals surface area contributed by atoms with Gasteiger partial charge in [0.05, 0.1) is 16.8 Å². The van der Waals surface area contributed by atoms with Gasteiger partial charge in [-0.1, -0.05) is 48.5 Å². The Morgan fingerprint density at radius 1 is 0.963 bits per heavy atom. The molecule has 0 fully saturated rings. The number of sulfonamides is 1. The second-order valence-corrected chi connectivity index (χ2v) is 7.92. The predicted octanol–water partition coefficient (Wildman–Crippen LogP) is 4.22. The molecule has 27 heavy (non-hydrogen) atoms. The van der Waals surface area contributed by atoms with Crippen LogP contribution in [0.25, 0.3) is 0 Å². The second-order valence-electron chi connectivity index (χ2n) is 6.27. The molecular formula is C21H23N3O2S. The molecule has 1 heterocycles. The molecule has 5 nitrogen and oxygen atoms in total. The third-order valence-electron chi connectivity index (χ3n) is 4.33. The van der Waals surface area contributed by atoms with Crippen molar-refractivity contribution in [1.82, 2.24) is 4.98 Å². The van der Waals surface area contributed by atoms with E-state index in [0.29, 0.717) is 11.4 Å². The van der Waals surface area contributed by atoms with E-state index in [2.05, 4.69) is 33.7 Å². The van der Waals surface area contributed by atoms with Crippen molar-refractivity contribution in [2.24, 2.45) is 0 Å². The summed E-state index contributed by atoms with van der Waals surface area (Å²) in [5.74, 6) is 0.303. The highest BCUT2D eigenvalue weighted by molar-refractivity contribution is 7.92. The first-order chi connectivity index (χ1) is 13.0. The van der Waals surface area contributed by atoms with Gasteiger partial charge < -0.3 is 4.90 Å². The summed E-state index contributed by atoms with van der Waals surface area (Å²) in [4.78, 5) is 6.74. The van der Waals surface area contributed by atoms with Crippen LogP contribution in [0.3, 0.4) is 0 Å². The first kappa shape index (κ1) is 18.9. The van der Waals surface area contributed by atoms with Crippen molar-refractivity contribution in [1.29, 1.82) is 0 Å². The van der Waals surface area contributed by atoms with Crippen molar-refractivity contribution in [3.63, 3.8) is 0 Å². The first-order valence-electron chi connectivity index (χ1n) is 8.83. The number of anilines is 2. The quantitative estimate of drug-likeness (QED) is 0.666. The Labute approximate surface area is 160 Å². The van der Waals surface area contributed by atoms with Gasteiger partial charge in [-0.15, -0.1) is 0 Å². The van der Waals surface area contributed by atoms with E-state index in [9.17, 15) is 8.42 Å². The molecule has 0 spiro atoms. The molecule has 0 amide bonds. The number of aromatic nitrogens is 1. The summed E-state index contributed by atoms with van der Waals surface area (Å²) in [7, 11) is -3.66. The average Bonchev–Trinajstić information content (AvgIpc) is 2.67. The van der Waals surface area contributed by atoms with Gasteiger partial charge in [-0.2, -0.15) is 0 Å². The third kappa shape index (κ3) is 4.65. The minimum atomic E-state index is -3.66. The van der Waals surface area contributed by atoms with E-state index in [4.69, 9.17) is 0 Å². The summed E-state index contributed by atoms with van der Waals surface area (Å²) in [6, 6.07) is 20.7. The Morgan fingerprint density at radius 3 is 2.30 bits per heavy atom. The van der Waals surface area contributed by atoms with Gasteiger partial charge in [-0.3, -0.25) is 4.72 Å². The summed E-state index contributed by atoms with van der Waals surface area (Å²) in [6.45, 7) is 5.45. The maximum absolute atomic E-state index is 12.6. The lowest BCUT2D eigenvalue weighted by Gasteiger charge is -2.23. The number of pyridine rings is 1. The standard InChI is InChI=1S/C21H23N3O2S/c1-3-24(16-18-10-5-4-6-11-18)19-13-14-21(22-15-19)23-27(25,26)20-12-8-7-9-17(20)2/h4-15H,3,16H2,1-2H3,(H,22,23). The monoisotopic (exact) mass is 381 g/mol. The van der Waals surface area contributed by atoms with Crippen molar-refractivity contribution in [2.45, 2.75) is 25.3 Å². The zero-order valence-corrected chi connectivity index (χ0v) is 16.3. The van der Waals surface area contributed by atoms with Crippen molar-refractivity contribution in [3.8, 4) is 0 Å². The van der Waals surface area contributed by atoms with Crippen LogP contribution in [0.15, 0.2) is 77.8 Å². The molecule has 0 aliphatic carbocycles. The van der Waals surface area contributed by atoms with E-state index in [1.54, 1.807) is 37.4 Å². The number of aryl methyl sites for hydroxylation is 1. The molecule has 0 aliphatic heterocycles. The lowest BCUT2D eigenvalue weighted by molar-refractivity contribution is 0.600. The maximum Gasteiger partial charge on any atom is 0.263 e. The Kier molecular flexibility index (Phi) is 5.76. The van der Waals surface area contributed by atoms with Gasteiger partial charge in [0.25, 0.3) is 10.0 Å². The van der Waals surface area contributed by atoms with Gasteiger partial charge >= 0.3 is 0 Å². The molecule has 6 heteroatoms. The van der Waals surface area contributed by atoms with Crippen LogP contribution in [-0.4, -0.2) is 19.9 Å². The highest BCUT2D eigenvalue weighted by Crippen LogP contribution is 2.21. The van der Waals surface area contributed by atoms with Crippen LogP contribution in [0.5, 0.6) is 0 Å². The number of hydrogen-bond donors (Lipinski definition) is 1. The molecule has 0 saturated heterocycles. The van der Waals surface area contributed by atoms with Crippen LogP contribution < -0.4 is 9.62 Å². The molecule has 0 atom stereocenters. The summed E-state index contributed by atoms with van der Waals surface area (Å²) < 4.78 is 27.7. The summed E-state index contributed by atoms with van der Waals surface area (Å²) in [5, 5.41) is 0. The molecule has 2 aromatic carbocycles. The van der Waals surface area contributed by atoms with E-state index in [0.717, 1.165) is 18.8 Å². The van der Waals surface area contributed by atoms with Crippen molar-refractivity contribution < 1.29 is 8.42 Å². The van der Waals surface area contributed by atoms with Gasteiger partial charge in [0, 0.05) is 13.1 Å². The van der Waals surface area contributed by atoms with E-state index in [1.807, 2.05) is 30.3 Å². The Morgan fingerprint density at radius 2 is 1.67 bits per heavy atom. The minimum absolute atomic E-state index is 0.259. The lowest BCUT2D eigenvalue weighted by atomic mass is 10.2. The highest BCUT2D eigenvalue weighted by atomic mass is 32.2. The topological polar surface area (TPSA) is 62.3 Å². The fraction of sp³-hybridized carbons (Fsp3) is 0.190. The molecule has 3 aromatic rings. The van der Waals surface area contributed by atoms with Crippen LogP contribution >= 0.6 is 0 Å². The van der Waals surface area contributed by atoms with Crippen LogP contribution in [0.2, 0.25) is 0 Å². The van der Waals surface area contributed by atoms with Crippen molar-refractivity contribution in [3.05, 3.63) is 84.1 Å². The lowest BCUT2D eigenvalue weighted by Crippen LogP contribution is -2.22. The molecule has 3 rings (SSSR count). The van der Waals surface area contributed by atoms with Gasteiger partial charge in [0.2, 0.25) is 0 Å². The SMILES string of the molecule is CCN(Cc1ccccc1)c1ccc(NS(=O)(=O)c2ccccc2C)nc1. The van der Waals surface area contributed by atoms with Crippen LogP contribution in [0.4, 0.5) is 11.5 Å². The molecule has 0 bridgehead atoms. The first-order valence-corrected chi connectivity index (χ1v) is 10.3. The van der Waals surface area contributed by atoms with E-state index < -0.39 is 10.0 Å². The molecule has 1 aromatic heterocycles.